The van der Waals surface area contributed by atoms with Gasteiger partial charge in [-0.1, -0.05) is 24.8 Å². The zero-order valence-corrected chi connectivity index (χ0v) is 11.0. The van der Waals surface area contributed by atoms with E-state index in [2.05, 4.69) is 6.58 Å². The van der Waals surface area contributed by atoms with Crippen LogP contribution in [0, 0.1) is 6.92 Å². The van der Waals surface area contributed by atoms with Crippen molar-refractivity contribution in [3.05, 3.63) is 47.6 Å². The third kappa shape index (κ3) is 3.48. The fourth-order valence-corrected chi connectivity index (χ4v) is 1.40. The topological polar surface area (TPSA) is 46.5 Å². The molecule has 0 spiro atoms. The molecule has 1 N–H and O–H groups in total. The van der Waals surface area contributed by atoms with E-state index in [0.717, 1.165) is 5.56 Å². The van der Waals surface area contributed by atoms with Gasteiger partial charge in [-0.3, -0.25) is 0 Å². The first kappa shape index (κ1) is 14.0. The highest BCUT2D eigenvalue weighted by Gasteiger charge is 2.09. The number of carbonyl (C=O) groups excluding carboxylic acids is 1. The van der Waals surface area contributed by atoms with Gasteiger partial charge in [0.05, 0.1) is 0 Å². The zero-order chi connectivity index (χ0) is 13.7. The number of aryl methyl sites for hydroxylation is 1. The minimum atomic E-state index is -0.370. The molecular weight excluding hydrogens is 228 g/mol. The molecule has 0 aliphatic carbocycles. The monoisotopic (exact) mass is 246 g/mol. The summed E-state index contributed by atoms with van der Waals surface area (Å²) >= 11 is 0. The summed E-state index contributed by atoms with van der Waals surface area (Å²) in [6.45, 7) is 9.24. The Morgan fingerprint density at radius 1 is 1.50 bits per heavy atom. The molecule has 0 saturated carbocycles. The van der Waals surface area contributed by atoms with Crippen molar-refractivity contribution in [3.8, 4) is 5.75 Å². The summed E-state index contributed by atoms with van der Waals surface area (Å²) in [4.78, 5) is 11.5. The van der Waals surface area contributed by atoms with Crippen molar-refractivity contribution < 1.29 is 14.6 Å². The van der Waals surface area contributed by atoms with Gasteiger partial charge in [0.25, 0.3) is 0 Å². The van der Waals surface area contributed by atoms with Crippen LogP contribution in [0.2, 0.25) is 0 Å². The van der Waals surface area contributed by atoms with Gasteiger partial charge >= 0.3 is 5.97 Å². The van der Waals surface area contributed by atoms with Crippen molar-refractivity contribution >= 4 is 11.5 Å². The Hall–Kier alpha value is -2.03. The van der Waals surface area contributed by atoms with E-state index in [0.29, 0.717) is 16.7 Å². The van der Waals surface area contributed by atoms with Crippen LogP contribution in [0.4, 0.5) is 0 Å². The van der Waals surface area contributed by atoms with Gasteiger partial charge in [0.15, 0.2) is 0 Å². The van der Waals surface area contributed by atoms with E-state index in [1.54, 1.807) is 32.1 Å². The Labute approximate surface area is 107 Å². The molecule has 0 aliphatic heterocycles. The second-order valence-electron chi connectivity index (χ2n) is 4.17. The first-order chi connectivity index (χ1) is 8.45. The van der Waals surface area contributed by atoms with Gasteiger partial charge in [-0.05, 0) is 38.0 Å². The third-order valence-corrected chi connectivity index (χ3v) is 2.67. The third-order valence-electron chi connectivity index (χ3n) is 2.67. The number of allylic oxidation sites excluding steroid dienone is 1. The van der Waals surface area contributed by atoms with Gasteiger partial charge in [-0.15, -0.1) is 0 Å². The highest BCUT2D eigenvalue weighted by molar-refractivity contribution is 5.88. The highest BCUT2D eigenvalue weighted by atomic mass is 16.5. The summed E-state index contributed by atoms with van der Waals surface area (Å²) in [5.41, 5.74) is 2.69. The molecule has 0 bridgehead atoms. The molecule has 1 rings (SSSR count). The average Bonchev–Trinajstić information content (AvgIpc) is 2.34. The van der Waals surface area contributed by atoms with Gasteiger partial charge in [-0.25, -0.2) is 4.79 Å². The van der Waals surface area contributed by atoms with E-state index in [1.165, 1.54) is 0 Å². The van der Waals surface area contributed by atoms with E-state index in [-0.39, 0.29) is 18.3 Å². The van der Waals surface area contributed by atoms with E-state index < -0.39 is 0 Å². The molecule has 0 atom stereocenters. The lowest BCUT2D eigenvalue weighted by Crippen LogP contribution is -2.07. The largest absolute Gasteiger partial charge is 0.507 e. The Balaban J connectivity index is 2.69. The molecule has 1 aromatic carbocycles. The van der Waals surface area contributed by atoms with Crippen LogP contribution in [0.3, 0.4) is 0 Å². The lowest BCUT2D eigenvalue weighted by atomic mass is 10.1. The Bertz CT molecular complexity index is 498. The summed E-state index contributed by atoms with van der Waals surface area (Å²) in [5.74, 6) is -0.218. The first-order valence-corrected chi connectivity index (χ1v) is 5.73. The van der Waals surface area contributed by atoms with Crippen LogP contribution < -0.4 is 0 Å². The van der Waals surface area contributed by atoms with Crippen LogP contribution in [0.5, 0.6) is 5.75 Å². The normalized spacial score (nSPS) is 11.2. The lowest BCUT2D eigenvalue weighted by molar-refractivity contribution is -0.137. The summed E-state index contributed by atoms with van der Waals surface area (Å²) < 4.78 is 5.08. The molecule has 18 heavy (non-hydrogen) atoms. The number of benzene rings is 1. The quantitative estimate of drug-likeness (QED) is 0.655. The summed E-state index contributed by atoms with van der Waals surface area (Å²) in [5, 5.41) is 9.77. The predicted octanol–water partition coefficient (Wildman–Crippen LogP) is 3.22. The maximum atomic E-state index is 11.5. The average molecular weight is 246 g/mol. The number of hydrogen-bond donors (Lipinski definition) is 1. The van der Waals surface area contributed by atoms with Crippen LogP contribution >= 0.6 is 0 Å². The summed E-state index contributed by atoms with van der Waals surface area (Å²) in [6.07, 6.45) is 1.69. The van der Waals surface area contributed by atoms with Crippen molar-refractivity contribution in [2.75, 3.05) is 6.61 Å². The van der Waals surface area contributed by atoms with E-state index in [9.17, 15) is 9.90 Å². The SMILES string of the molecule is C=C(COC(=O)/C(C)=C\C)c1ccc(C)cc1O. The van der Waals surface area contributed by atoms with Gasteiger partial charge in [0, 0.05) is 11.1 Å². The predicted molar refractivity (Wildman–Crippen MR) is 72.3 cm³/mol. The van der Waals surface area contributed by atoms with Crippen LogP contribution in [-0.4, -0.2) is 17.7 Å². The van der Waals surface area contributed by atoms with Crippen LogP contribution in [-0.2, 0) is 9.53 Å². The van der Waals surface area contributed by atoms with Crippen molar-refractivity contribution in [3.63, 3.8) is 0 Å². The molecule has 0 aliphatic rings. The second kappa shape index (κ2) is 6.05. The molecular formula is C15H18O3. The molecule has 0 unspecified atom stereocenters. The molecule has 0 aromatic heterocycles. The van der Waals surface area contributed by atoms with E-state index in [1.807, 2.05) is 13.0 Å². The molecule has 0 saturated heterocycles. The van der Waals surface area contributed by atoms with Gasteiger partial charge < -0.3 is 9.84 Å². The van der Waals surface area contributed by atoms with Crippen LogP contribution in [0.25, 0.3) is 5.57 Å². The van der Waals surface area contributed by atoms with E-state index in [4.69, 9.17) is 4.74 Å². The molecule has 96 valence electrons. The smallest absolute Gasteiger partial charge is 0.333 e. The Morgan fingerprint density at radius 2 is 2.17 bits per heavy atom. The first-order valence-electron chi connectivity index (χ1n) is 5.73. The van der Waals surface area contributed by atoms with Gasteiger partial charge in [0.2, 0.25) is 0 Å². The van der Waals surface area contributed by atoms with Crippen molar-refractivity contribution in [1.82, 2.24) is 0 Å². The van der Waals surface area contributed by atoms with E-state index >= 15 is 0 Å². The standard InChI is InChI=1S/C15H18O3/c1-5-11(3)15(17)18-9-12(4)13-7-6-10(2)8-14(13)16/h5-8,16H,4,9H2,1-3H3/b11-5-. The lowest BCUT2D eigenvalue weighted by Gasteiger charge is -2.10. The van der Waals surface area contributed by atoms with Crippen molar-refractivity contribution in [2.45, 2.75) is 20.8 Å². The molecule has 1 aromatic rings. The van der Waals surface area contributed by atoms with Gasteiger partial charge in [0.1, 0.15) is 12.4 Å². The van der Waals surface area contributed by atoms with Crippen molar-refractivity contribution in [2.24, 2.45) is 0 Å². The number of carbonyl (C=O) groups is 1. The summed E-state index contributed by atoms with van der Waals surface area (Å²) in [7, 11) is 0. The zero-order valence-electron chi connectivity index (χ0n) is 11.0. The number of esters is 1. The number of ether oxygens (including phenoxy) is 1. The minimum Gasteiger partial charge on any atom is -0.507 e. The number of phenolic OH excluding ortho intramolecular Hbond substituents is 1. The molecule has 0 fully saturated rings. The number of phenols is 1. The molecule has 0 amide bonds. The summed E-state index contributed by atoms with van der Waals surface area (Å²) in [6, 6.07) is 5.29. The maximum Gasteiger partial charge on any atom is 0.333 e. The number of aromatic hydroxyl groups is 1. The van der Waals surface area contributed by atoms with Crippen molar-refractivity contribution in [1.29, 1.82) is 0 Å². The number of rotatable bonds is 4. The Morgan fingerprint density at radius 3 is 2.72 bits per heavy atom. The molecule has 3 heteroatoms. The molecule has 3 nitrogen and oxygen atoms in total. The Kier molecular flexibility index (Phi) is 4.72. The minimum absolute atomic E-state index is 0.0701. The number of hydrogen-bond acceptors (Lipinski definition) is 3. The second-order valence-corrected chi connectivity index (χ2v) is 4.17. The van der Waals surface area contributed by atoms with Gasteiger partial charge in [-0.2, -0.15) is 0 Å². The fourth-order valence-electron chi connectivity index (χ4n) is 1.40. The fraction of sp³-hybridized carbons (Fsp3) is 0.267. The molecule has 0 radical (unpaired) electrons. The maximum absolute atomic E-state index is 11.5. The van der Waals surface area contributed by atoms with Crippen LogP contribution in [0.15, 0.2) is 36.4 Å². The highest BCUT2D eigenvalue weighted by Crippen LogP contribution is 2.25. The molecule has 0 heterocycles. The van der Waals surface area contributed by atoms with Crippen LogP contribution in [0.1, 0.15) is 25.0 Å².